The van der Waals surface area contributed by atoms with Crippen LogP contribution in [0.15, 0.2) is 64.2 Å². The van der Waals surface area contributed by atoms with E-state index in [2.05, 4.69) is 15.9 Å². The van der Waals surface area contributed by atoms with Crippen molar-refractivity contribution in [2.45, 2.75) is 12.5 Å². The molecule has 188 valence electrons. The van der Waals surface area contributed by atoms with Crippen LogP contribution in [0.4, 0.5) is 0 Å². The first-order valence-corrected chi connectivity index (χ1v) is 11.9. The van der Waals surface area contributed by atoms with Gasteiger partial charge >= 0.3 is 0 Å². The van der Waals surface area contributed by atoms with Crippen LogP contribution in [0.1, 0.15) is 33.9 Å². The van der Waals surface area contributed by atoms with E-state index >= 15 is 0 Å². The van der Waals surface area contributed by atoms with Gasteiger partial charge in [0, 0.05) is 22.5 Å². The first-order chi connectivity index (χ1) is 17.4. The number of hydrogen-bond donors (Lipinski definition) is 0. The van der Waals surface area contributed by atoms with Crippen molar-refractivity contribution in [1.29, 1.82) is 0 Å². The van der Waals surface area contributed by atoms with E-state index in [1.807, 2.05) is 36.4 Å². The Labute approximate surface area is 218 Å². The van der Waals surface area contributed by atoms with Crippen molar-refractivity contribution in [3.8, 4) is 28.7 Å². The van der Waals surface area contributed by atoms with Crippen LogP contribution in [0.3, 0.4) is 0 Å². The molecule has 9 heteroatoms. The third-order valence-corrected chi connectivity index (χ3v) is 6.46. The molecule has 4 rings (SSSR count). The van der Waals surface area contributed by atoms with Crippen LogP contribution >= 0.6 is 15.9 Å². The van der Waals surface area contributed by atoms with Crippen LogP contribution in [0.2, 0.25) is 0 Å². The van der Waals surface area contributed by atoms with Crippen LogP contribution in [-0.4, -0.2) is 52.2 Å². The fourth-order valence-electron chi connectivity index (χ4n) is 4.21. The molecular formula is C27H27BrN2O6. The quantitative estimate of drug-likeness (QED) is 0.366. The second-order valence-electron chi connectivity index (χ2n) is 7.95. The normalized spacial score (nSPS) is 14.8. The molecule has 3 aromatic rings. The van der Waals surface area contributed by atoms with E-state index < -0.39 is 0 Å². The van der Waals surface area contributed by atoms with Gasteiger partial charge < -0.3 is 23.7 Å². The van der Waals surface area contributed by atoms with Crippen LogP contribution in [0, 0.1) is 0 Å². The molecule has 36 heavy (non-hydrogen) atoms. The fourth-order valence-corrected chi connectivity index (χ4v) is 4.63. The molecule has 0 spiro atoms. The summed E-state index contributed by atoms with van der Waals surface area (Å²) in [7, 11) is 7.71. The maximum absolute atomic E-state index is 14.0. The van der Waals surface area contributed by atoms with E-state index in [0.29, 0.717) is 35.0 Å². The fraction of sp³-hybridized carbons (Fsp3) is 0.259. The van der Waals surface area contributed by atoms with Gasteiger partial charge in [0.25, 0.3) is 5.91 Å². The number of methoxy groups -OCH3 is 5. The first kappa shape index (κ1) is 25.4. The highest BCUT2D eigenvalue weighted by atomic mass is 79.9. The summed E-state index contributed by atoms with van der Waals surface area (Å²) in [5.74, 6) is 2.02. The van der Waals surface area contributed by atoms with Gasteiger partial charge in [-0.15, -0.1) is 0 Å². The number of hydrogen-bond acceptors (Lipinski definition) is 7. The maximum Gasteiger partial charge on any atom is 0.278 e. The predicted octanol–water partition coefficient (Wildman–Crippen LogP) is 5.48. The molecule has 1 amide bonds. The highest BCUT2D eigenvalue weighted by Gasteiger charge is 2.36. The third kappa shape index (κ3) is 4.83. The number of hydrazone groups is 1. The lowest BCUT2D eigenvalue weighted by molar-refractivity contribution is 0.0707. The minimum Gasteiger partial charge on any atom is -0.497 e. The minimum absolute atomic E-state index is 0.279. The molecule has 8 nitrogen and oxygen atoms in total. The Morgan fingerprint density at radius 3 is 2.14 bits per heavy atom. The van der Waals surface area contributed by atoms with Crippen molar-refractivity contribution >= 4 is 27.5 Å². The number of ether oxygens (including phenoxy) is 5. The van der Waals surface area contributed by atoms with Gasteiger partial charge in [-0.3, -0.25) is 4.79 Å². The van der Waals surface area contributed by atoms with E-state index in [0.717, 1.165) is 21.3 Å². The Hall–Kier alpha value is -3.72. The van der Waals surface area contributed by atoms with Gasteiger partial charge in [0.15, 0.2) is 11.5 Å². The zero-order valence-electron chi connectivity index (χ0n) is 20.7. The number of rotatable bonds is 8. The lowest BCUT2D eigenvalue weighted by Gasteiger charge is -2.24. The van der Waals surface area contributed by atoms with Crippen molar-refractivity contribution in [2.75, 3.05) is 35.5 Å². The Morgan fingerprint density at radius 1 is 0.861 bits per heavy atom. The molecule has 0 saturated carbocycles. The van der Waals surface area contributed by atoms with E-state index in [9.17, 15) is 4.79 Å². The number of benzene rings is 3. The van der Waals surface area contributed by atoms with Gasteiger partial charge in [-0.2, -0.15) is 5.10 Å². The Bertz CT molecular complexity index is 1290. The summed E-state index contributed by atoms with van der Waals surface area (Å²) in [4.78, 5) is 14.0. The molecule has 1 atom stereocenters. The van der Waals surface area contributed by atoms with Crippen molar-refractivity contribution < 1.29 is 28.5 Å². The van der Waals surface area contributed by atoms with Gasteiger partial charge in [-0.25, -0.2) is 5.01 Å². The average molecular weight is 555 g/mol. The highest BCUT2D eigenvalue weighted by molar-refractivity contribution is 9.10. The Morgan fingerprint density at radius 2 is 1.56 bits per heavy atom. The van der Waals surface area contributed by atoms with Crippen molar-refractivity contribution in [3.63, 3.8) is 0 Å². The lowest BCUT2D eigenvalue weighted by atomic mass is 9.97. The first-order valence-electron chi connectivity index (χ1n) is 11.1. The molecule has 0 aromatic heterocycles. The van der Waals surface area contributed by atoms with E-state index in [4.69, 9.17) is 28.8 Å². The summed E-state index contributed by atoms with van der Waals surface area (Å²) in [5.41, 5.74) is 2.78. The molecule has 1 aliphatic heterocycles. The molecule has 0 radical (unpaired) electrons. The monoisotopic (exact) mass is 554 g/mol. The molecule has 0 saturated heterocycles. The van der Waals surface area contributed by atoms with Crippen LogP contribution in [0.25, 0.3) is 0 Å². The average Bonchev–Trinajstić information content (AvgIpc) is 3.37. The SMILES string of the molecule is COc1cc(OC)cc(C2=NN(C(=O)c3ccc(OC)c(OC)c3OC)[C@H](c3cccc(Br)c3)C2)c1. The Kier molecular flexibility index (Phi) is 7.69. The summed E-state index contributed by atoms with van der Waals surface area (Å²) < 4.78 is 28.2. The Balaban J connectivity index is 1.83. The van der Waals surface area contributed by atoms with E-state index in [-0.39, 0.29) is 17.7 Å². The number of carbonyl (C=O) groups excluding carboxylic acids is 1. The maximum atomic E-state index is 14.0. The molecule has 0 aliphatic carbocycles. The van der Waals surface area contributed by atoms with Gasteiger partial charge in [0.05, 0.1) is 52.9 Å². The topological polar surface area (TPSA) is 78.8 Å². The van der Waals surface area contributed by atoms with Crippen LogP contribution in [-0.2, 0) is 0 Å². The minimum atomic E-state index is -0.347. The van der Waals surface area contributed by atoms with Crippen molar-refractivity contribution in [3.05, 3.63) is 75.8 Å². The van der Waals surface area contributed by atoms with Gasteiger partial charge in [0.2, 0.25) is 5.75 Å². The van der Waals surface area contributed by atoms with Crippen LogP contribution < -0.4 is 23.7 Å². The van der Waals surface area contributed by atoms with Crippen LogP contribution in [0.5, 0.6) is 28.7 Å². The van der Waals surface area contributed by atoms with Gasteiger partial charge in [0.1, 0.15) is 11.5 Å². The molecule has 1 aliphatic rings. The van der Waals surface area contributed by atoms with Crippen molar-refractivity contribution in [1.82, 2.24) is 5.01 Å². The highest BCUT2D eigenvalue weighted by Crippen LogP contribution is 2.42. The largest absolute Gasteiger partial charge is 0.497 e. The molecule has 1 heterocycles. The van der Waals surface area contributed by atoms with E-state index in [1.165, 1.54) is 26.3 Å². The zero-order chi connectivity index (χ0) is 25.8. The standard InChI is InChI=1S/C27H27BrN2O6/c1-32-19-12-17(13-20(14-19)33-2)22-15-23(16-7-6-8-18(28)11-16)30(29-22)27(31)21-9-10-24(34-3)26(36-5)25(21)35-4/h6-14,23H,15H2,1-5H3/t23-/m0/s1. The summed E-state index contributed by atoms with van der Waals surface area (Å²) in [6.07, 6.45) is 0.494. The number of carbonyl (C=O) groups is 1. The molecule has 0 fully saturated rings. The summed E-state index contributed by atoms with van der Waals surface area (Å²) >= 11 is 3.54. The predicted molar refractivity (Wildman–Crippen MR) is 140 cm³/mol. The number of halogens is 1. The second-order valence-corrected chi connectivity index (χ2v) is 8.87. The zero-order valence-corrected chi connectivity index (χ0v) is 22.3. The van der Waals surface area contributed by atoms with Gasteiger partial charge in [-0.05, 0) is 42.0 Å². The molecule has 0 N–H and O–H groups in total. The number of amides is 1. The summed E-state index contributed by atoms with van der Waals surface area (Å²) in [5, 5.41) is 6.29. The van der Waals surface area contributed by atoms with Crippen molar-refractivity contribution in [2.24, 2.45) is 5.10 Å². The van der Waals surface area contributed by atoms with Gasteiger partial charge in [-0.1, -0.05) is 28.1 Å². The molecule has 3 aromatic carbocycles. The molecule has 0 bridgehead atoms. The van der Waals surface area contributed by atoms with E-state index in [1.54, 1.807) is 32.4 Å². The number of nitrogens with zero attached hydrogens (tertiary/aromatic N) is 2. The lowest BCUT2D eigenvalue weighted by Crippen LogP contribution is -2.27. The summed E-state index contributed by atoms with van der Waals surface area (Å²) in [6.45, 7) is 0. The molecular weight excluding hydrogens is 528 g/mol. The third-order valence-electron chi connectivity index (χ3n) is 5.97. The summed E-state index contributed by atoms with van der Waals surface area (Å²) in [6, 6.07) is 16.4. The smallest absolute Gasteiger partial charge is 0.278 e. The second kappa shape index (κ2) is 10.9. The molecule has 0 unspecified atom stereocenters.